The van der Waals surface area contributed by atoms with E-state index in [-0.39, 0.29) is 11.8 Å². The summed E-state index contributed by atoms with van der Waals surface area (Å²) >= 11 is 7.56. The molecule has 1 N–H and O–H groups in total. The van der Waals surface area contributed by atoms with Gasteiger partial charge in [0.2, 0.25) is 5.91 Å². The monoisotopic (exact) mass is 328 g/mol. The Hall–Kier alpha value is -0.580. The van der Waals surface area contributed by atoms with E-state index < -0.39 is 0 Å². The maximum Gasteiger partial charge on any atom is 0.223 e. The number of hydrogen-bond acceptors (Lipinski definition) is 3. The van der Waals surface area contributed by atoms with E-state index in [9.17, 15) is 4.79 Å². The van der Waals surface area contributed by atoms with Crippen molar-refractivity contribution in [3.8, 4) is 0 Å². The van der Waals surface area contributed by atoms with E-state index >= 15 is 0 Å². The minimum atomic E-state index is 0.201. The number of piperidine rings is 1. The van der Waals surface area contributed by atoms with E-state index in [1.165, 1.54) is 4.88 Å². The van der Waals surface area contributed by atoms with Gasteiger partial charge in [0.15, 0.2) is 0 Å². The van der Waals surface area contributed by atoms with E-state index in [0.717, 1.165) is 49.5 Å². The van der Waals surface area contributed by atoms with Crippen molar-refractivity contribution in [2.45, 2.75) is 45.1 Å². The van der Waals surface area contributed by atoms with Crippen molar-refractivity contribution in [1.82, 2.24) is 10.2 Å². The van der Waals surface area contributed by atoms with Crippen LogP contribution in [0.2, 0.25) is 4.34 Å². The molecule has 0 aliphatic carbocycles. The average molecular weight is 329 g/mol. The van der Waals surface area contributed by atoms with Crippen molar-refractivity contribution in [3.63, 3.8) is 0 Å². The second kappa shape index (κ2) is 8.16. The third kappa shape index (κ3) is 5.28. The maximum absolute atomic E-state index is 12.1. The van der Waals surface area contributed by atoms with Crippen LogP contribution in [0.3, 0.4) is 0 Å². The molecule has 2 rings (SSSR count). The lowest BCUT2D eigenvalue weighted by Crippen LogP contribution is -2.43. The third-order valence-corrected chi connectivity index (χ3v) is 5.65. The quantitative estimate of drug-likeness (QED) is 0.810. The van der Waals surface area contributed by atoms with Gasteiger partial charge < -0.3 is 10.2 Å². The first-order valence-corrected chi connectivity index (χ1v) is 8.98. The lowest BCUT2D eigenvalue weighted by Gasteiger charge is -2.34. The van der Waals surface area contributed by atoms with Gasteiger partial charge in [0.25, 0.3) is 0 Å². The third-order valence-electron chi connectivity index (χ3n) is 4.36. The zero-order valence-corrected chi connectivity index (χ0v) is 14.5. The summed E-state index contributed by atoms with van der Waals surface area (Å²) in [5, 5.41) is 3.10. The summed E-state index contributed by atoms with van der Waals surface area (Å²) in [6.07, 6.45) is 5.15. The number of nitrogens with zero attached hydrogens (tertiary/aromatic N) is 1. The predicted octanol–water partition coefficient (Wildman–Crippen LogP) is 3.57. The summed E-state index contributed by atoms with van der Waals surface area (Å²) in [4.78, 5) is 15.8. The summed E-state index contributed by atoms with van der Waals surface area (Å²) < 4.78 is 0.856. The van der Waals surface area contributed by atoms with Crippen molar-refractivity contribution in [1.29, 1.82) is 0 Å². The molecule has 21 heavy (non-hydrogen) atoms. The molecule has 1 aliphatic rings. The van der Waals surface area contributed by atoms with Crippen LogP contribution in [0.4, 0.5) is 0 Å². The fourth-order valence-corrected chi connectivity index (χ4v) is 3.92. The van der Waals surface area contributed by atoms with Crippen molar-refractivity contribution < 1.29 is 4.79 Å². The minimum absolute atomic E-state index is 0.201. The van der Waals surface area contributed by atoms with Gasteiger partial charge >= 0.3 is 0 Å². The number of carbonyl (C=O) groups excluding carboxylic acids is 1. The molecule has 2 atom stereocenters. The Kier molecular flexibility index (Phi) is 6.52. The van der Waals surface area contributed by atoms with E-state index in [0.29, 0.717) is 6.04 Å². The van der Waals surface area contributed by atoms with Crippen LogP contribution in [-0.4, -0.2) is 37.0 Å². The molecule has 2 heterocycles. The number of unbranched alkanes of at least 4 members (excludes halogenated alkanes) is 1. The lowest BCUT2D eigenvalue weighted by molar-refractivity contribution is -0.126. The van der Waals surface area contributed by atoms with Crippen LogP contribution in [0.5, 0.6) is 0 Å². The first kappa shape index (κ1) is 16.8. The van der Waals surface area contributed by atoms with Crippen molar-refractivity contribution in [2.24, 2.45) is 5.92 Å². The van der Waals surface area contributed by atoms with Gasteiger partial charge in [-0.25, -0.2) is 0 Å². The lowest BCUT2D eigenvalue weighted by atomic mass is 9.91. The van der Waals surface area contributed by atoms with Crippen LogP contribution in [0.15, 0.2) is 12.1 Å². The van der Waals surface area contributed by atoms with Gasteiger partial charge in [-0.3, -0.25) is 4.79 Å². The molecular weight excluding hydrogens is 304 g/mol. The van der Waals surface area contributed by atoms with Gasteiger partial charge in [0.1, 0.15) is 0 Å². The van der Waals surface area contributed by atoms with Gasteiger partial charge in [-0.2, -0.15) is 0 Å². The highest BCUT2D eigenvalue weighted by Crippen LogP contribution is 2.23. The molecule has 1 saturated heterocycles. The van der Waals surface area contributed by atoms with Gasteiger partial charge in [-0.1, -0.05) is 11.6 Å². The fraction of sp³-hybridized carbons (Fsp3) is 0.688. The summed E-state index contributed by atoms with van der Waals surface area (Å²) in [6, 6.07) is 4.55. The Labute approximate surface area is 136 Å². The van der Waals surface area contributed by atoms with Crippen LogP contribution < -0.4 is 5.32 Å². The summed E-state index contributed by atoms with van der Waals surface area (Å²) in [7, 11) is 2.13. The number of nitrogens with one attached hydrogen (secondary N) is 1. The van der Waals surface area contributed by atoms with E-state index in [2.05, 4.69) is 30.3 Å². The Bertz CT molecular complexity index is 463. The SMILES string of the molecule is C[C@H]1C[C@@H](C(=O)NCCCCc2ccc(Cl)s2)CCN1C. The number of amides is 1. The summed E-state index contributed by atoms with van der Waals surface area (Å²) in [6.45, 7) is 4.02. The molecule has 0 bridgehead atoms. The number of hydrogen-bond donors (Lipinski definition) is 1. The Morgan fingerprint density at radius 2 is 2.29 bits per heavy atom. The smallest absolute Gasteiger partial charge is 0.223 e. The topological polar surface area (TPSA) is 32.3 Å². The molecule has 5 heteroatoms. The second-order valence-corrected chi connectivity index (χ2v) is 7.80. The molecule has 0 aromatic carbocycles. The largest absolute Gasteiger partial charge is 0.356 e. The molecule has 1 aromatic heterocycles. The number of aryl methyl sites for hydroxylation is 1. The molecule has 1 fully saturated rings. The van der Waals surface area contributed by atoms with Crippen molar-refractivity contribution >= 4 is 28.8 Å². The number of carbonyl (C=O) groups is 1. The molecule has 1 aliphatic heterocycles. The van der Waals surface area contributed by atoms with Crippen molar-refractivity contribution in [2.75, 3.05) is 20.1 Å². The van der Waals surface area contributed by atoms with Gasteiger partial charge in [-0.15, -0.1) is 11.3 Å². The van der Waals surface area contributed by atoms with Crippen LogP contribution in [0, 0.1) is 5.92 Å². The molecule has 1 amide bonds. The van der Waals surface area contributed by atoms with Crippen LogP contribution in [0.1, 0.15) is 37.5 Å². The highest BCUT2D eigenvalue weighted by molar-refractivity contribution is 7.16. The Morgan fingerprint density at radius 1 is 1.48 bits per heavy atom. The van der Waals surface area contributed by atoms with Gasteiger partial charge in [0.05, 0.1) is 4.34 Å². The van der Waals surface area contributed by atoms with E-state index in [1.54, 1.807) is 11.3 Å². The maximum atomic E-state index is 12.1. The summed E-state index contributed by atoms with van der Waals surface area (Å²) in [5.74, 6) is 0.446. The van der Waals surface area contributed by atoms with Crippen LogP contribution >= 0.6 is 22.9 Å². The summed E-state index contributed by atoms with van der Waals surface area (Å²) in [5.41, 5.74) is 0. The highest BCUT2D eigenvalue weighted by atomic mass is 35.5. The standard InChI is InChI=1S/C16H25ClN2OS/c1-12-11-13(8-10-19(12)2)16(20)18-9-4-3-5-14-6-7-15(17)21-14/h6-7,12-13H,3-5,8-11H2,1-2H3,(H,18,20)/t12-,13-/m0/s1. The van der Waals surface area contributed by atoms with Gasteiger partial charge in [-0.05, 0) is 64.8 Å². The molecule has 3 nitrogen and oxygen atoms in total. The fourth-order valence-electron chi connectivity index (χ4n) is 2.79. The average Bonchev–Trinajstić information content (AvgIpc) is 2.87. The molecule has 1 aromatic rings. The number of halogens is 1. The minimum Gasteiger partial charge on any atom is -0.356 e. The van der Waals surface area contributed by atoms with Crippen LogP contribution in [-0.2, 0) is 11.2 Å². The van der Waals surface area contributed by atoms with Gasteiger partial charge in [0, 0.05) is 23.4 Å². The highest BCUT2D eigenvalue weighted by Gasteiger charge is 2.27. The number of likely N-dealkylation sites (tertiary alicyclic amines) is 1. The second-order valence-electron chi connectivity index (χ2n) is 6.00. The zero-order valence-electron chi connectivity index (χ0n) is 12.9. The molecule has 0 spiro atoms. The van der Waals surface area contributed by atoms with Crippen LogP contribution in [0.25, 0.3) is 0 Å². The first-order valence-electron chi connectivity index (χ1n) is 7.78. The molecule has 0 radical (unpaired) electrons. The van der Waals surface area contributed by atoms with E-state index in [4.69, 9.17) is 11.6 Å². The molecular formula is C16H25ClN2OS. The van der Waals surface area contributed by atoms with Crippen molar-refractivity contribution in [3.05, 3.63) is 21.3 Å². The normalized spacial score (nSPS) is 23.2. The number of thiophene rings is 1. The molecule has 0 unspecified atom stereocenters. The Morgan fingerprint density at radius 3 is 2.95 bits per heavy atom. The number of rotatable bonds is 6. The molecule has 0 saturated carbocycles. The van der Waals surface area contributed by atoms with E-state index in [1.807, 2.05) is 6.07 Å². The molecule has 118 valence electrons. The first-order chi connectivity index (χ1) is 10.1. The zero-order chi connectivity index (χ0) is 15.2. The Balaban J connectivity index is 1.59. The predicted molar refractivity (Wildman–Crippen MR) is 90.1 cm³/mol.